The lowest BCUT2D eigenvalue weighted by molar-refractivity contribution is 0.257. The zero-order valence-corrected chi connectivity index (χ0v) is 11.2. The molecule has 0 saturated carbocycles. The van der Waals surface area contributed by atoms with Gasteiger partial charge in [0.1, 0.15) is 0 Å². The molecule has 1 aromatic carbocycles. The molecule has 1 aromatic rings. The van der Waals surface area contributed by atoms with Gasteiger partial charge in [-0.05, 0) is 37.8 Å². The van der Waals surface area contributed by atoms with Crippen molar-refractivity contribution in [1.29, 1.82) is 0 Å². The second-order valence-corrected chi connectivity index (χ2v) is 4.90. The Balaban J connectivity index is 2.51. The molecule has 0 fully saturated rings. The topological polar surface area (TPSA) is 32.3 Å². The minimum atomic E-state index is 0.282. The van der Waals surface area contributed by atoms with Crippen LogP contribution in [0.25, 0.3) is 0 Å². The highest BCUT2D eigenvalue weighted by Gasteiger charge is 2.10. The zero-order valence-electron chi connectivity index (χ0n) is 11.2. The van der Waals surface area contributed by atoms with Crippen LogP contribution in [0.15, 0.2) is 24.3 Å². The summed E-state index contributed by atoms with van der Waals surface area (Å²) in [6, 6.07) is 9.16. The van der Waals surface area contributed by atoms with Crippen molar-refractivity contribution in [2.24, 2.45) is 5.92 Å². The first-order valence-electron chi connectivity index (χ1n) is 6.58. The van der Waals surface area contributed by atoms with Gasteiger partial charge < -0.3 is 10.4 Å². The van der Waals surface area contributed by atoms with Gasteiger partial charge >= 0.3 is 0 Å². The number of nitrogens with one attached hydrogen (secondary N) is 1. The van der Waals surface area contributed by atoms with E-state index in [-0.39, 0.29) is 6.61 Å². The second-order valence-electron chi connectivity index (χ2n) is 4.90. The Bertz CT molecular complexity index is 307. The summed E-state index contributed by atoms with van der Waals surface area (Å²) in [7, 11) is 0. The van der Waals surface area contributed by atoms with Gasteiger partial charge in [0.25, 0.3) is 0 Å². The summed E-state index contributed by atoms with van der Waals surface area (Å²) < 4.78 is 0. The molecule has 2 heteroatoms. The van der Waals surface area contributed by atoms with Gasteiger partial charge in [0, 0.05) is 12.6 Å². The molecule has 2 atom stereocenters. The van der Waals surface area contributed by atoms with E-state index in [1.54, 1.807) is 0 Å². The maximum atomic E-state index is 8.88. The molecule has 2 nitrogen and oxygen atoms in total. The molecule has 1 rings (SSSR count). The van der Waals surface area contributed by atoms with E-state index in [4.69, 9.17) is 5.11 Å². The smallest absolute Gasteiger partial charge is 0.0434 e. The summed E-state index contributed by atoms with van der Waals surface area (Å²) in [5.74, 6) is 0.527. The van der Waals surface area contributed by atoms with Gasteiger partial charge in [-0.15, -0.1) is 0 Å². The monoisotopic (exact) mass is 235 g/mol. The predicted octanol–water partition coefficient (Wildman–Crippen LogP) is 3.05. The minimum absolute atomic E-state index is 0.282. The molecule has 0 aliphatic heterocycles. The van der Waals surface area contributed by atoms with Gasteiger partial charge in [-0.2, -0.15) is 0 Å². The Hall–Kier alpha value is -0.860. The fourth-order valence-electron chi connectivity index (χ4n) is 1.96. The van der Waals surface area contributed by atoms with Crippen molar-refractivity contribution in [1.82, 2.24) is 5.32 Å². The van der Waals surface area contributed by atoms with Crippen molar-refractivity contribution < 1.29 is 5.11 Å². The first-order chi connectivity index (χ1) is 8.17. The first kappa shape index (κ1) is 14.2. The van der Waals surface area contributed by atoms with E-state index in [1.807, 2.05) is 0 Å². The van der Waals surface area contributed by atoms with Crippen LogP contribution in [-0.2, 0) is 0 Å². The van der Waals surface area contributed by atoms with Crippen molar-refractivity contribution in [2.45, 2.75) is 39.7 Å². The Morgan fingerprint density at radius 3 is 2.41 bits per heavy atom. The van der Waals surface area contributed by atoms with E-state index in [0.717, 1.165) is 19.4 Å². The Morgan fingerprint density at radius 1 is 1.24 bits per heavy atom. The molecule has 2 N–H and O–H groups in total. The molecule has 96 valence electrons. The highest BCUT2D eigenvalue weighted by atomic mass is 16.3. The third-order valence-corrected chi connectivity index (χ3v) is 3.22. The molecular formula is C15H25NO. The number of hydrogen-bond donors (Lipinski definition) is 2. The number of aliphatic hydroxyl groups excluding tert-OH is 1. The van der Waals surface area contributed by atoms with E-state index in [9.17, 15) is 0 Å². The first-order valence-corrected chi connectivity index (χ1v) is 6.58. The summed E-state index contributed by atoms with van der Waals surface area (Å²) in [5.41, 5.74) is 2.66. The molecule has 0 heterocycles. The van der Waals surface area contributed by atoms with Crippen LogP contribution < -0.4 is 5.32 Å². The Morgan fingerprint density at radius 2 is 1.88 bits per heavy atom. The third kappa shape index (κ3) is 4.88. The van der Waals surface area contributed by atoms with Gasteiger partial charge in [0.2, 0.25) is 0 Å². The second kappa shape index (κ2) is 7.46. The molecule has 0 aromatic heterocycles. The van der Waals surface area contributed by atoms with Crippen LogP contribution >= 0.6 is 0 Å². The van der Waals surface area contributed by atoms with Crippen molar-refractivity contribution in [3.63, 3.8) is 0 Å². The van der Waals surface area contributed by atoms with Crippen LogP contribution in [-0.4, -0.2) is 18.3 Å². The summed E-state index contributed by atoms with van der Waals surface area (Å²) >= 11 is 0. The molecule has 0 bridgehead atoms. The van der Waals surface area contributed by atoms with Crippen molar-refractivity contribution in [2.75, 3.05) is 13.2 Å². The molecular weight excluding hydrogens is 210 g/mol. The van der Waals surface area contributed by atoms with Crippen LogP contribution in [0.2, 0.25) is 0 Å². The van der Waals surface area contributed by atoms with Gasteiger partial charge in [0.15, 0.2) is 0 Å². The Labute approximate surface area is 105 Å². The normalized spacial score (nSPS) is 14.6. The predicted molar refractivity (Wildman–Crippen MR) is 73.1 cm³/mol. The van der Waals surface area contributed by atoms with Gasteiger partial charge in [-0.1, -0.05) is 43.7 Å². The maximum Gasteiger partial charge on any atom is 0.0434 e. The quantitative estimate of drug-likeness (QED) is 0.761. The van der Waals surface area contributed by atoms with E-state index in [0.29, 0.717) is 12.0 Å². The molecule has 2 unspecified atom stereocenters. The number of aryl methyl sites for hydroxylation is 1. The molecule has 0 radical (unpaired) electrons. The molecule has 0 amide bonds. The Kier molecular flexibility index (Phi) is 6.23. The maximum absolute atomic E-state index is 8.88. The van der Waals surface area contributed by atoms with Crippen LogP contribution in [0.4, 0.5) is 0 Å². The van der Waals surface area contributed by atoms with Crippen LogP contribution in [0.1, 0.15) is 43.9 Å². The summed E-state index contributed by atoms with van der Waals surface area (Å²) in [6.45, 7) is 7.73. The molecule has 0 aliphatic rings. The van der Waals surface area contributed by atoms with E-state index >= 15 is 0 Å². The minimum Gasteiger partial charge on any atom is -0.396 e. The average molecular weight is 235 g/mol. The number of benzene rings is 1. The van der Waals surface area contributed by atoms with Crippen molar-refractivity contribution in [3.05, 3.63) is 35.4 Å². The molecule has 0 saturated heterocycles. The van der Waals surface area contributed by atoms with Crippen molar-refractivity contribution in [3.8, 4) is 0 Å². The average Bonchev–Trinajstić information content (AvgIpc) is 2.32. The highest BCUT2D eigenvalue weighted by molar-refractivity contribution is 5.24. The van der Waals surface area contributed by atoms with Gasteiger partial charge in [-0.25, -0.2) is 0 Å². The van der Waals surface area contributed by atoms with Crippen LogP contribution in [0.5, 0.6) is 0 Å². The van der Waals surface area contributed by atoms with E-state index < -0.39 is 0 Å². The fourth-order valence-corrected chi connectivity index (χ4v) is 1.96. The summed E-state index contributed by atoms with van der Waals surface area (Å²) in [4.78, 5) is 0. The van der Waals surface area contributed by atoms with Gasteiger partial charge in [0.05, 0.1) is 0 Å². The molecule has 0 aliphatic carbocycles. The third-order valence-electron chi connectivity index (χ3n) is 3.22. The largest absolute Gasteiger partial charge is 0.396 e. The number of rotatable bonds is 7. The van der Waals surface area contributed by atoms with Gasteiger partial charge in [-0.3, -0.25) is 0 Å². The number of hydrogen-bond acceptors (Lipinski definition) is 2. The lowest BCUT2D eigenvalue weighted by Crippen LogP contribution is -2.26. The van der Waals surface area contributed by atoms with E-state index in [1.165, 1.54) is 11.1 Å². The van der Waals surface area contributed by atoms with Crippen molar-refractivity contribution >= 4 is 0 Å². The summed E-state index contributed by atoms with van der Waals surface area (Å²) in [6.07, 6.45) is 1.96. The fraction of sp³-hybridized carbons (Fsp3) is 0.600. The number of aliphatic hydroxyl groups is 1. The molecule has 17 heavy (non-hydrogen) atoms. The highest BCUT2D eigenvalue weighted by Crippen LogP contribution is 2.17. The summed E-state index contributed by atoms with van der Waals surface area (Å²) in [5, 5.41) is 12.5. The lowest BCUT2D eigenvalue weighted by Gasteiger charge is -2.20. The SMILES string of the molecule is CCC(NCC(C)CCO)c1ccc(C)cc1. The zero-order chi connectivity index (χ0) is 12.7. The van der Waals surface area contributed by atoms with Crippen LogP contribution in [0.3, 0.4) is 0 Å². The molecule has 0 spiro atoms. The van der Waals surface area contributed by atoms with Crippen LogP contribution in [0, 0.1) is 12.8 Å². The van der Waals surface area contributed by atoms with E-state index in [2.05, 4.69) is 50.4 Å². The lowest BCUT2D eigenvalue weighted by atomic mass is 10.0. The standard InChI is InChI=1S/C15H25NO/c1-4-15(16-11-13(3)9-10-17)14-7-5-12(2)6-8-14/h5-8,13,15-17H,4,9-11H2,1-3H3.